The number of hydrogen-bond donors (Lipinski definition) is 1. The highest BCUT2D eigenvalue weighted by Crippen LogP contribution is 2.42. The molecule has 1 aromatic carbocycles. The Morgan fingerprint density at radius 1 is 1.27 bits per heavy atom. The van der Waals surface area contributed by atoms with E-state index in [9.17, 15) is 5.11 Å². The van der Waals surface area contributed by atoms with Gasteiger partial charge in [0, 0.05) is 31.6 Å². The quantitative estimate of drug-likeness (QED) is 0.892. The molecule has 3 atom stereocenters. The summed E-state index contributed by atoms with van der Waals surface area (Å²) in [5.74, 6) is 0.884. The van der Waals surface area contributed by atoms with Gasteiger partial charge in [0.05, 0.1) is 29.5 Å². The average molecular weight is 356 g/mol. The molecule has 1 N–H and O–H groups in total. The highest BCUT2D eigenvalue weighted by atomic mass is 16.5. The van der Waals surface area contributed by atoms with Crippen LogP contribution in [0, 0.1) is 0 Å². The smallest absolute Gasteiger partial charge is 0.120 e. The van der Waals surface area contributed by atoms with Crippen molar-refractivity contribution in [2.24, 2.45) is 0 Å². The molecular formula is C21H28N2O3. The first kappa shape index (κ1) is 17.7. The van der Waals surface area contributed by atoms with Crippen molar-refractivity contribution in [3.05, 3.63) is 36.0 Å². The lowest BCUT2D eigenvalue weighted by molar-refractivity contribution is -0.0880. The van der Waals surface area contributed by atoms with Crippen LogP contribution in [-0.4, -0.2) is 53.0 Å². The van der Waals surface area contributed by atoms with Crippen molar-refractivity contribution in [3.63, 3.8) is 0 Å². The highest BCUT2D eigenvalue weighted by molar-refractivity contribution is 5.80. The van der Waals surface area contributed by atoms with Crippen LogP contribution < -0.4 is 4.74 Å². The Morgan fingerprint density at radius 2 is 2.15 bits per heavy atom. The van der Waals surface area contributed by atoms with Crippen LogP contribution in [0.15, 0.2) is 30.3 Å². The molecule has 4 rings (SSSR count). The molecular weight excluding hydrogens is 328 g/mol. The van der Waals surface area contributed by atoms with Gasteiger partial charge < -0.3 is 14.6 Å². The highest BCUT2D eigenvalue weighted by Gasteiger charge is 2.50. The van der Waals surface area contributed by atoms with E-state index in [0.29, 0.717) is 6.61 Å². The van der Waals surface area contributed by atoms with Gasteiger partial charge in [-0.1, -0.05) is 6.07 Å². The van der Waals surface area contributed by atoms with Crippen LogP contribution in [0.3, 0.4) is 0 Å². The molecule has 1 saturated carbocycles. The van der Waals surface area contributed by atoms with Crippen LogP contribution in [-0.2, 0) is 11.3 Å². The molecule has 0 spiro atoms. The number of aliphatic hydroxyl groups excluding tert-OH is 1. The molecule has 5 nitrogen and oxygen atoms in total. The first-order valence-corrected chi connectivity index (χ1v) is 9.63. The molecule has 0 bridgehead atoms. The maximum Gasteiger partial charge on any atom is 0.120 e. The molecule has 5 heteroatoms. The lowest BCUT2D eigenvalue weighted by atomic mass is 9.79. The van der Waals surface area contributed by atoms with Crippen LogP contribution >= 0.6 is 0 Å². The Morgan fingerprint density at radius 3 is 2.96 bits per heavy atom. The van der Waals surface area contributed by atoms with Gasteiger partial charge in [0.15, 0.2) is 0 Å². The molecule has 2 fully saturated rings. The van der Waals surface area contributed by atoms with Crippen LogP contribution in [0.2, 0.25) is 0 Å². The molecule has 26 heavy (non-hydrogen) atoms. The van der Waals surface area contributed by atoms with E-state index in [2.05, 4.69) is 17.0 Å². The second kappa shape index (κ2) is 7.14. The third-order valence-corrected chi connectivity index (χ3v) is 6.07. The Bertz CT molecular complexity index is 781. The molecule has 140 valence electrons. The van der Waals surface area contributed by atoms with Crippen molar-refractivity contribution >= 4 is 10.9 Å². The fraction of sp³-hybridized carbons (Fsp3) is 0.571. The molecule has 2 aliphatic rings. The zero-order valence-electron chi connectivity index (χ0n) is 15.6. The molecule has 0 amide bonds. The number of ether oxygens (including phenoxy) is 2. The molecule has 1 aliphatic heterocycles. The van der Waals surface area contributed by atoms with E-state index in [0.717, 1.165) is 61.1 Å². The maximum absolute atomic E-state index is 10.2. The molecule has 2 heterocycles. The number of aliphatic hydroxyl groups is 1. The zero-order valence-corrected chi connectivity index (χ0v) is 15.6. The minimum absolute atomic E-state index is 0.0948. The van der Waals surface area contributed by atoms with Gasteiger partial charge in [-0.15, -0.1) is 0 Å². The topological polar surface area (TPSA) is 54.8 Å². The first-order chi connectivity index (χ1) is 12.6. The number of pyridine rings is 1. The Labute approximate surface area is 154 Å². The summed E-state index contributed by atoms with van der Waals surface area (Å²) in [6.07, 6.45) is 3.39. The van der Waals surface area contributed by atoms with Gasteiger partial charge in [-0.25, -0.2) is 0 Å². The lowest BCUT2D eigenvalue weighted by Crippen LogP contribution is -2.51. The van der Waals surface area contributed by atoms with E-state index < -0.39 is 0 Å². The predicted octanol–water partition coefficient (Wildman–Crippen LogP) is 3.14. The molecule has 1 aliphatic carbocycles. The van der Waals surface area contributed by atoms with E-state index in [1.54, 1.807) is 0 Å². The van der Waals surface area contributed by atoms with Crippen molar-refractivity contribution in [2.45, 2.75) is 56.9 Å². The van der Waals surface area contributed by atoms with Crippen LogP contribution in [0.25, 0.3) is 10.9 Å². The number of nitrogens with zero attached hydrogens (tertiary/aromatic N) is 2. The fourth-order valence-corrected chi connectivity index (χ4v) is 4.66. The van der Waals surface area contributed by atoms with Gasteiger partial charge in [-0.3, -0.25) is 9.88 Å². The lowest BCUT2D eigenvalue weighted by Gasteiger charge is -2.42. The van der Waals surface area contributed by atoms with E-state index in [-0.39, 0.29) is 17.7 Å². The van der Waals surface area contributed by atoms with Gasteiger partial charge in [0.25, 0.3) is 0 Å². The zero-order chi connectivity index (χ0) is 18.1. The largest absolute Gasteiger partial charge is 0.494 e. The summed E-state index contributed by atoms with van der Waals surface area (Å²) in [6.45, 7) is 4.45. The van der Waals surface area contributed by atoms with Crippen LogP contribution in [0.5, 0.6) is 5.75 Å². The third-order valence-electron chi connectivity index (χ3n) is 6.07. The molecule has 1 saturated heterocycles. The summed E-state index contributed by atoms with van der Waals surface area (Å²) in [7, 11) is 1.82. The second-order valence-electron chi connectivity index (χ2n) is 7.52. The van der Waals surface area contributed by atoms with E-state index in [4.69, 9.17) is 14.5 Å². The normalized spacial score (nSPS) is 29.0. The molecule has 0 radical (unpaired) electrons. The van der Waals surface area contributed by atoms with E-state index >= 15 is 0 Å². The van der Waals surface area contributed by atoms with Crippen molar-refractivity contribution in [2.75, 3.05) is 20.3 Å². The van der Waals surface area contributed by atoms with Gasteiger partial charge in [-0.05, 0) is 56.9 Å². The van der Waals surface area contributed by atoms with Gasteiger partial charge in [-0.2, -0.15) is 0 Å². The van der Waals surface area contributed by atoms with Crippen molar-refractivity contribution in [1.82, 2.24) is 9.88 Å². The summed E-state index contributed by atoms with van der Waals surface area (Å²) in [5, 5.41) is 11.2. The van der Waals surface area contributed by atoms with Gasteiger partial charge >= 0.3 is 0 Å². The van der Waals surface area contributed by atoms with Crippen molar-refractivity contribution in [1.29, 1.82) is 0 Å². The number of aromatic nitrogens is 1. The third kappa shape index (κ3) is 3.20. The number of fused-ring (bicyclic) bond motifs is 2. The van der Waals surface area contributed by atoms with E-state index in [1.165, 1.54) is 0 Å². The van der Waals surface area contributed by atoms with Gasteiger partial charge in [0.1, 0.15) is 5.75 Å². The Balaban J connectivity index is 1.54. The van der Waals surface area contributed by atoms with Crippen LogP contribution in [0.1, 0.15) is 38.3 Å². The SMILES string of the molecule is CCOc1ccc2nc(CN3CC[C@]4(OC)CC[C@H](O)C[C@H]34)ccc2c1. The molecule has 1 aromatic heterocycles. The summed E-state index contributed by atoms with van der Waals surface area (Å²) < 4.78 is 11.5. The number of benzene rings is 1. The second-order valence-corrected chi connectivity index (χ2v) is 7.52. The summed E-state index contributed by atoms with van der Waals surface area (Å²) >= 11 is 0. The Kier molecular flexibility index (Phi) is 4.86. The maximum atomic E-state index is 10.2. The minimum Gasteiger partial charge on any atom is -0.494 e. The number of likely N-dealkylation sites (tertiary alicyclic amines) is 1. The number of hydrogen-bond acceptors (Lipinski definition) is 5. The number of methoxy groups -OCH3 is 1. The number of rotatable bonds is 5. The predicted molar refractivity (Wildman–Crippen MR) is 101 cm³/mol. The summed E-state index contributed by atoms with van der Waals surface area (Å²) in [6, 6.07) is 10.5. The van der Waals surface area contributed by atoms with Crippen molar-refractivity contribution in [3.8, 4) is 5.75 Å². The van der Waals surface area contributed by atoms with Gasteiger partial charge in [0.2, 0.25) is 0 Å². The van der Waals surface area contributed by atoms with Crippen LogP contribution in [0.4, 0.5) is 0 Å². The molecule has 2 aromatic rings. The standard InChI is InChI=1S/C21H28N2O3/c1-3-26-18-6-7-19-15(12-18)4-5-16(22-19)14-23-11-10-21(25-2)9-8-17(24)13-20(21)23/h4-7,12,17,20,24H,3,8-11,13-14H2,1-2H3/t17-,20-,21+/m0/s1. The van der Waals surface area contributed by atoms with Crippen molar-refractivity contribution < 1.29 is 14.6 Å². The monoisotopic (exact) mass is 356 g/mol. The summed E-state index contributed by atoms with van der Waals surface area (Å²) in [4.78, 5) is 7.28. The van der Waals surface area contributed by atoms with E-state index in [1.807, 2.05) is 32.2 Å². The molecule has 0 unspecified atom stereocenters. The summed E-state index contributed by atoms with van der Waals surface area (Å²) in [5.41, 5.74) is 1.96. The fourth-order valence-electron chi connectivity index (χ4n) is 4.66. The minimum atomic E-state index is -0.217. The average Bonchev–Trinajstić information content (AvgIpc) is 3.00. The Hall–Kier alpha value is -1.69. The first-order valence-electron chi connectivity index (χ1n) is 9.63.